The predicted octanol–water partition coefficient (Wildman–Crippen LogP) is 7.25. The Morgan fingerprint density at radius 1 is 0.875 bits per heavy atom. The highest BCUT2D eigenvalue weighted by Crippen LogP contribution is 2.24. The summed E-state index contributed by atoms with van der Waals surface area (Å²) in [5.74, 6) is 0.780. The molecular weight excluding hydrogens is 397 g/mol. The highest BCUT2D eigenvalue weighted by molar-refractivity contribution is 6.14. The number of benzene rings is 3. The van der Waals surface area contributed by atoms with E-state index in [0.717, 1.165) is 35.0 Å². The number of aryl methyl sites for hydroxylation is 1. The van der Waals surface area contributed by atoms with Crippen LogP contribution in [0.3, 0.4) is 0 Å². The van der Waals surface area contributed by atoms with Gasteiger partial charge in [-0.15, -0.1) is 0 Å². The summed E-state index contributed by atoms with van der Waals surface area (Å²) in [5, 5.41) is 0. The summed E-state index contributed by atoms with van der Waals surface area (Å²) >= 11 is 0. The lowest BCUT2D eigenvalue weighted by atomic mass is 9.98. The minimum Gasteiger partial charge on any atom is -0.357 e. The fraction of sp³-hybridized carbons (Fsp3) is 0.286. The number of rotatable bonds is 5. The molecule has 1 unspecified atom stereocenters. The molecule has 0 aliphatic carbocycles. The molecule has 0 bridgehead atoms. The zero-order valence-electron chi connectivity index (χ0n) is 18.8. The summed E-state index contributed by atoms with van der Waals surface area (Å²) in [6.45, 7) is 5.39. The van der Waals surface area contributed by atoms with Crippen LogP contribution in [-0.4, -0.2) is 29.0 Å². The highest BCUT2D eigenvalue weighted by Gasteiger charge is 2.24. The first-order valence-electron chi connectivity index (χ1n) is 11.4. The number of likely N-dealkylation sites (tertiary alicyclic amines) is 1. The van der Waals surface area contributed by atoms with Crippen LogP contribution in [0, 0.1) is 12.7 Å². The van der Waals surface area contributed by atoms with E-state index in [2.05, 4.69) is 30.9 Å². The molecule has 164 valence electrons. The van der Waals surface area contributed by atoms with E-state index < -0.39 is 0 Å². The lowest BCUT2D eigenvalue weighted by Gasteiger charge is -2.36. The Hall–Kier alpha value is -3.27. The Balaban J connectivity index is 1.78. The highest BCUT2D eigenvalue weighted by atomic mass is 19.1. The van der Waals surface area contributed by atoms with Gasteiger partial charge in [0.15, 0.2) is 0 Å². The average molecular weight is 428 g/mol. The van der Waals surface area contributed by atoms with E-state index in [-0.39, 0.29) is 5.82 Å². The molecule has 3 aromatic carbocycles. The third kappa shape index (κ3) is 5.50. The van der Waals surface area contributed by atoms with E-state index in [1.165, 1.54) is 37.0 Å². The number of aliphatic imine (C=N–C) groups is 2. The van der Waals surface area contributed by atoms with Crippen LogP contribution in [0.1, 0.15) is 43.7 Å². The first-order chi connectivity index (χ1) is 15.6. The molecule has 0 saturated carbocycles. The lowest BCUT2D eigenvalue weighted by molar-refractivity contribution is 0.256. The number of hydrogen-bond acceptors (Lipinski definition) is 2. The van der Waals surface area contributed by atoms with E-state index >= 15 is 0 Å². The van der Waals surface area contributed by atoms with Crippen LogP contribution in [0.5, 0.6) is 0 Å². The molecule has 1 aliphatic heterocycles. The maximum atomic E-state index is 13.5. The Kier molecular flexibility index (Phi) is 7.10. The largest absolute Gasteiger partial charge is 0.357 e. The second kappa shape index (κ2) is 10.4. The molecular formula is C28H30FN3. The number of piperidine rings is 1. The second-order valence-corrected chi connectivity index (χ2v) is 8.43. The van der Waals surface area contributed by atoms with Crippen molar-refractivity contribution in [1.82, 2.24) is 4.90 Å². The van der Waals surface area contributed by atoms with Crippen molar-refractivity contribution < 1.29 is 4.39 Å². The van der Waals surface area contributed by atoms with E-state index in [0.29, 0.717) is 12.5 Å². The van der Waals surface area contributed by atoms with E-state index in [9.17, 15) is 4.39 Å². The fourth-order valence-corrected chi connectivity index (χ4v) is 4.25. The smallest absolute Gasteiger partial charge is 0.123 e. The SMILES string of the molecule is Cc1ccccc1C(CC(=Nc1ccccc1)N1CCCCC1C)=Nc1ccc(F)cc1. The first-order valence-corrected chi connectivity index (χ1v) is 11.4. The molecule has 0 amide bonds. The van der Waals surface area contributed by atoms with Gasteiger partial charge in [0.25, 0.3) is 0 Å². The summed E-state index contributed by atoms with van der Waals surface area (Å²) in [6.07, 6.45) is 4.21. The van der Waals surface area contributed by atoms with Gasteiger partial charge in [0, 0.05) is 19.0 Å². The van der Waals surface area contributed by atoms with Gasteiger partial charge in [-0.1, -0.05) is 42.5 Å². The molecule has 3 nitrogen and oxygen atoms in total. The number of nitrogens with zero attached hydrogens (tertiary/aromatic N) is 3. The predicted molar refractivity (Wildman–Crippen MR) is 132 cm³/mol. The molecule has 1 saturated heterocycles. The van der Waals surface area contributed by atoms with Crippen LogP contribution in [0.4, 0.5) is 15.8 Å². The van der Waals surface area contributed by atoms with Gasteiger partial charge < -0.3 is 4.90 Å². The third-order valence-corrected chi connectivity index (χ3v) is 6.02. The van der Waals surface area contributed by atoms with Gasteiger partial charge in [-0.25, -0.2) is 9.38 Å². The number of hydrogen-bond donors (Lipinski definition) is 0. The van der Waals surface area contributed by atoms with Gasteiger partial charge in [-0.2, -0.15) is 0 Å². The molecule has 1 aliphatic rings. The molecule has 0 radical (unpaired) electrons. The Morgan fingerprint density at radius 3 is 2.28 bits per heavy atom. The van der Waals surface area contributed by atoms with Crippen molar-refractivity contribution in [2.24, 2.45) is 9.98 Å². The second-order valence-electron chi connectivity index (χ2n) is 8.43. The summed E-state index contributed by atoms with van der Waals surface area (Å²) in [6, 6.07) is 25.2. The van der Waals surface area contributed by atoms with Gasteiger partial charge >= 0.3 is 0 Å². The number of para-hydroxylation sites is 1. The zero-order valence-corrected chi connectivity index (χ0v) is 18.8. The topological polar surface area (TPSA) is 28.0 Å². The molecule has 32 heavy (non-hydrogen) atoms. The van der Waals surface area contributed by atoms with Gasteiger partial charge in [-0.3, -0.25) is 4.99 Å². The normalized spacial score (nSPS) is 17.5. The Bertz CT molecular complexity index is 1090. The summed E-state index contributed by atoms with van der Waals surface area (Å²) < 4.78 is 13.5. The minimum atomic E-state index is -0.255. The van der Waals surface area contributed by atoms with Crippen LogP contribution in [0.25, 0.3) is 0 Å². The molecule has 0 N–H and O–H groups in total. The van der Waals surface area contributed by atoms with E-state index in [4.69, 9.17) is 9.98 Å². The summed E-state index contributed by atoms with van der Waals surface area (Å²) in [4.78, 5) is 12.5. The molecule has 1 fully saturated rings. The minimum absolute atomic E-state index is 0.255. The van der Waals surface area contributed by atoms with Crippen molar-refractivity contribution in [3.63, 3.8) is 0 Å². The van der Waals surface area contributed by atoms with Gasteiger partial charge in [0.1, 0.15) is 11.7 Å². The van der Waals surface area contributed by atoms with Crippen LogP contribution in [0.15, 0.2) is 88.8 Å². The molecule has 4 rings (SSSR count). The Morgan fingerprint density at radius 2 is 1.56 bits per heavy atom. The molecule has 0 aromatic heterocycles. The lowest BCUT2D eigenvalue weighted by Crippen LogP contribution is -2.43. The van der Waals surface area contributed by atoms with Gasteiger partial charge in [0.2, 0.25) is 0 Å². The zero-order chi connectivity index (χ0) is 22.3. The van der Waals surface area contributed by atoms with Gasteiger partial charge in [0.05, 0.1) is 17.1 Å². The summed E-state index contributed by atoms with van der Waals surface area (Å²) in [5.41, 5.74) is 4.91. The van der Waals surface area contributed by atoms with E-state index in [1.807, 2.05) is 42.5 Å². The van der Waals surface area contributed by atoms with Gasteiger partial charge in [-0.05, 0) is 80.6 Å². The van der Waals surface area contributed by atoms with Crippen LogP contribution >= 0.6 is 0 Å². The molecule has 4 heteroatoms. The monoisotopic (exact) mass is 427 g/mol. The standard InChI is InChI=1S/C28H30FN3/c1-21-10-6-7-14-26(21)27(30-25-17-15-23(29)16-18-25)20-28(31-24-12-4-3-5-13-24)32-19-9-8-11-22(32)2/h3-7,10,12-18,22H,8-9,11,19-20H2,1-2H3. The fourth-order valence-electron chi connectivity index (χ4n) is 4.25. The molecule has 0 spiro atoms. The quantitative estimate of drug-likeness (QED) is 0.311. The molecule has 1 atom stereocenters. The van der Waals surface area contributed by atoms with Crippen LogP contribution in [0.2, 0.25) is 0 Å². The number of halogens is 1. The van der Waals surface area contributed by atoms with Crippen LogP contribution in [-0.2, 0) is 0 Å². The summed E-state index contributed by atoms with van der Waals surface area (Å²) in [7, 11) is 0. The van der Waals surface area contributed by atoms with Crippen molar-refractivity contribution in [3.8, 4) is 0 Å². The number of amidine groups is 1. The first kappa shape index (κ1) is 21.9. The maximum absolute atomic E-state index is 13.5. The third-order valence-electron chi connectivity index (χ3n) is 6.02. The maximum Gasteiger partial charge on any atom is 0.123 e. The van der Waals surface area contributed by atoms with Crippen molar-refractivity contribution in [2.45, 2.75) is 45.6 Å². The van der Waals surface area contributed by atoms with E-state index in [1.54, 1.807) is 12.1 Å². The molecule has 3 aromatic rings. The van der Waals surface area contributed by atoms with Crippen LogP contribution < -0.4 is 0 Å². The van der Waals surface area contributed by atoms with Crippen molar-refractivity contribution in [1.29, 1.82) is 0 Å². The van der Waals surface area contributed by atoms with Crippen molar-refractivity contribution in [3.05, 3.63) is 95.8 Å². The van der Waals surface area contributed by atoms with Crippen molar-refractivity contribution >= 4 is 22.9 Å². The Labute approximate surface area is 190 Å². The average Bonchev–Trinajstić information content (AvgIpc) is 2.81. The molecule has 1 heterocycles. The van der Waals surface area contributed by atoms with Crippen molar-refractivity contribution in [2.75, 3.05) is 6.54 Å².